The molecule has 0 bridgehead atoms. The summed E-state index contributed by atoms with van der Waals surface area (Å²) in [6.07, 6.45) is 0. The molecular formula is C22H25N3O5S2. The van der Waals surface area contributed by atoms with Gasteiger partial charge in [0.25, 0.3) is 0 Å². The number of methoxy groups -OCH3 is 1. The highest BCUT2D eigenvalue weighted by atomic mass is 32.2. The first-order chi connectivity index (χ1) is 15.4. The molecule has 2 unspecified atom stereocenters. The molecule has 0 saturated carbocycles. The van der Waals surface area contributed by atoms with Crippen LogP contribution in [0.1, 0.15) is 6.92 Å². The van der Waals surface area contributed by atoms with Crippen molar-refractivity contribution < 1.29 is 22.7 Å². The summed E-state index contributed by atoms with van der Waals surface area (Å²) in [5, 5.41) is 3.45. The van der Waals surface area contributed by atoms with E-state index in [4.69, 9.17) is 9.47 Å². The highest BCUT2D eigenvalue weighted by Crippen LogP contribution is 2.37. The van der Waals surface area contributed by atoms with Crippen molar-refractivity contribution in [3.63, 3.8) is 0 Å². The van der Waals surface area contributed by atoms with E-state index in [1.165, 1.54) is 11.8 Å². The maximum Gasteiger partial charge on any atom is 0.244 e. The molecule has 10 heteroatoms. The Morgan fingerprint density at radius 1 is 1.12 bits per heavy atom. The maximum absolute atomic E-state index is 12.9. The number of benzene rings is 2. The summed E-state index contributed by atoms with van der Waals surface area (Å²) in [5.41, 5.74) is 1.44. The van der Waals surface area contributed by atoms with Crippen LogP contribution in [0.3, 0.4) is 0 Å². The quantitative estimate of drug-likeness (QED) is 0.658. The predicted molar refractivity (Wildman–Crippen MR) is 128 cm³/mol. The number of hydrogen-bond acceptors (Lipinski definition) is 8. The Bertz CT molecular complexity index is 1100. The van der Waals surface area contributed by atoms with Gasteiger partial charge in [-0.3, -0.25) is 9.79 Å². The molecule has 32 heavy (non-hydrogen) atoms. The molecule has 2 atom stereocenters. The van der Waals surface area contributed by atoms with Gasteiger partial charge in [0.1, 0.15) is 18.0 Å². The molecule has 1 amide bonds. The summed E-state index contributed by atoms with van der Waals surface area (Å²) < 4.78 is 34.5. The first-order valence-corrected chi connectivity index (χ1v) is 13.0. The molecular weight excluding hydrogens is 450 g/mol. The zero-order valence-corrected chi connectivity index (χ0v) is 19.5. The smallest absolute Gasteiger partial charge is 0.244 e. The Labute approximate surface area is 191 Å². The standard InChI is InChI=1S/C22H25N3O5S2/c1-3-30-18-8-4-15(5-9-18)23-21(26)12-25(16-6-10-17(29-2)11-7-16)22-24-19-13-32(27,28)14-20(19)31-22/h4-11,19-20H,3,12-14H2,1-2H3,(H,23,26). The molecule has 170 valence electrons. The Kier molecular flexibility index (Phi) is 6.61. The Morgan fingerprint density at radius 2 is 1.81 bits per heavy atom. The van der Waals surface area contributed by atoms with E-state index in [1.807, 2.05) is 36.1 Å². The number of aliphatic imine (C=N–C) groups is 1. The summed E-state index contributed by atoms with van der Waals surface area (Å²) >= 11 is 1.42. The monoisotopic (exact) mass is 475 g/mol. The van der Waals surface area contributed by atoms with Gasteiger partial charge in [-0.05, 0) is 55.5 Å². The van der Waals surface area contributed by atoms with Crippen molar-refractivity contribution in [1.29, 1.82) is 0 Å². The molecule has 0 aromatic heterocycles. The lowest BCUT2D eigenvalue weighted by Crippen LogP contribution is -2.36. The molecule has 0 spiro atoms. The van der Waals surface area contributed by atoms with Crippen LogP contribution >= 0.6 is 11.8 Å². The van der Waals surface area contributed by atoms with Gasteiger partial charge in [0, 0.05) is 16.6 Å². The molecule has 1 saturated heterocycles. The second kappa shape index (κ2) is 9.41. The Hall–Kier alpha value is -2.72. The van der Waals surface area contributed by atoms with Gasteiger partial charge in [0.15, 0.2) is 15.0 Å². The zero-order valence-electron chi connectivity index (χ0n) is 17.9. The molecule has 2 aliphatic rings. The number of sulfone groups is 1. The van der Waals surface area contributed by atoms with Gasteiger partial charge < -0.3 is 19.7 Å². The first kappa shape index (κ1) is 22.5. The number of fused-ring (bicyclic) bond motifs is 1. The fraction of sp³-hybridized carbons (Fsp3) is 0.364. The predicted octanol–water partition coefficient (Wildman–Crippen LogP) is 2.81. The van der Waals surface area contributed by atoms with Crippen LogP contribution < -0.4 is 19.7 Å². The zero-order chi connectivity index (χ0) is 22.7. The van der Waals surface area contributed by atoms with Crippen LogP contribution in [0.15, 0.2) is 53.5 Å². The Balaban J connectivity index is 1.52. The van der Waals surface area contributed by atoms with Crippen LogP contribution in [0, 0.1) is 0 Å². The number of amidine groups is 1. The minimum absolute atomic E-state index is 0.0392. The minimum Gasteiger partial charge on any atom is -0.497 e. The summed E-state index contributed by atoms with van der Waals surface area (Å²) in [6, 6.07) is 14.3. The fourth-order valence-corrected chi connectivity index (χ4v) is 7.43. The van der Waals surface area contributed by atoms with Crippen LogP contribution in [-0.2, 0) is 14.6 Å². The van der Waals surface area contributed by atoms with Crippen LogP contribution in [0.5, 0.6) is 11.5 Å². The highest BCUT2D eigenvalue weighted by Gasteiger charge is 2.44. The van der Waals surface area contributed by atoms with Crippen molar-refractivity contribution in [3.8, 4) is 11.5 Å². The number of hydrogen-bond donors (Lipinski definition) is 1. The average molecular weight is 476 g/mol. The lowest BCUT2D eigenvalue weighted by molar-refractivity contribution is -0.114. The summed E-state index contributed by atoms with van der Waals surface area (Å²) in [7, 11) is -1.46. The highest BCUT2D eigenvalue weighted by molar-refractivity contribution is 8.15. The third-order valence-corrected chi connectivity index (χ3v) is 8.42. The molecule has 8 nitrogen and oxygen atoms in total. The number of nitrogens with one attached hydrogen (secondary N) is 1. The number of ether oxygens (including phenoxy) is 2. The first-order valence-electron chi connectivity index (χ1n) is 10.3. The summed E-state index contributed by atoms with van der Waals surface area (Å²) in [6.45, 7) is 2.53. The van der Waals surface area contributed by atoms with E-state index in [-0.39, 0.29) is 35.2 Å². The van der Waals surface area contributed by atoms with Gasteiger partial charge in [-0.1, -0.05) is 11.8 Å². The lowest BCUT2D eigenvalue weighted by Gasteiger charge is -2.24. The molecule has 2 heterocycles. The molecule has 0 aliphatic carbocycles. The minimum atomic E-state index is -3.05. The van der Waals surface area contributed by atoms with Crippen LogP contribution in [0.25, 0.3) is 0 Å². The van der Waals surface area contributed by atoms with Gasteiger partial charge in [-0.15, -0.1) is 0 Å². The molecule has 1 fully saturated rings. The molecule has 1 N–H and O–H groups in total. The number of thioether (sulfide) groups is 1. The number of carbonyl (C=O) groups is 1. The van der Waals surface area contributed by atoms with Crippen molar-refractivity contribution in [2.45, 2.75) is 18.2 Å². The SMILES string of the molecule is CCOc1ccc(NC(=O)CN(C2=NC3CS(=O)(=O)CC3S2)c2ccc(OC)cc2)cc1. The van der Waals surface area contributed by atoms with Gasteiger partial charge in [0.05, 0.1) is 31.3 Å². The van der Waals surface area contributed by atoms with E-state index >= 15 is 0 Å². The van der Waals surface area contributed by atoms with Crippen LogP contribution in [0.2, 0.25) is 0 Å². The summed E-state index contributed by atoms with van der Waals surface area (Å²) in [4.78, 5) is 19.3. The number of rotatable bonds is 7. The lowest BCUT2D eigenvalue weighted by atomic mass is 10.2. The van der Waals surface area contributed by atoms with E-state index in [0.717, 1.165) is 11.4 Å². The van der Waals surface area contributed by atoms with Crippen molar-refractivity contribution >= 4 is 44.0 Å². The number of carbonyl (C=O) groups excluding carboxylic acids is 1. The number of nitrogens with zero attached hydrogens (tertiary/aromatic N) is 2. The van der Waals surface area contributed by atoms with Gasteiger partial charge in [-0.25, -0.2) is 8.42 Å². The molecule has 0 radical (unpaired) electrons. The van der Waals surface area contributed by atoms with Crippen LogP contribution in [-0.4, -0.2) is 62.6 Å². The van der Waals surface area contributed by atoms with Crippen molar-refractivity contribution in [1.82, 2.24) is 0 Å². The van der Waals surface area contributed by atoms with E-state index in [9.17, 15) is 13.2 Å². The summed E-state index contributed by atoms with van der Waals surface area (Å²) in [5.74, 6) is 1.41. The fourth-order valence-electron chi connectivity index (χ4n) is 3.65. The van der Waals surface area contributed by atoms with Gasteiger partial charge in [0.2, 0.25) is 5.91 Å². The topological polar surface area (TPSA) is 97.3 Å². The normalized spacial score (nSPS) is 20.9. The third-order valence-electron chi connectivity index (χ3n) is 5.17. The Morgan fingerprint density at radius 3 is 2.44 bits per heavy atom. The number of amides is 1. The average Bonchev–Trinajstić information content (AvgIpc) is 3.27. The van der Waals surface area contributed by atoms with E-state index < -0.39 is 9.84 Å². The molecule has 2 aromatic rings. The molecule has 2 aromatic carbocycles. The van der Waals surface area contributed by atoms with Crippen molar-refractivity contribution in [2.75, 3.05) is 42.0 Å². The van der Waals surface area contributed by atoms with Gasteiger partial charge >= 0.3 is 0 Å². The maximum atomic E-state index is 12.9. The second-order valence-electron chi connectivity index (χ2n) is 7.50. The molecule has 2 aliphatic heterocycles. The van der Waals surface area contributed by atoms with E-state index in [1.54, 1.807) is 31.4 Å². The number of anilines is 2. The molecule has 4 rings (SSSR count). The third kappa shape index (κ3) is 5.18. The van der Waals surface area contributed by atoms with E-state index in [0.29, 0.717) is 23.2 Å². The van der Waals surface area contributed by atoms with Crippen molar-refractivity contribution in [3.05, 3.63) is 48.5 Å². The van der Waals surface area contributed by atoms with Crippen LogP contribution in [0.4, 0.5) is 11.4 Å². The van der Waals surface area contributed by atoms with E-state index in [2.05, 4.69) is 10.3 Å². The second-order valence-corrected chi connectivity index (χ2v) is 10.9. The largest absolute Gasteiger partial charge is 0.497 e. The van der Waals surface area contributed by atoms with Crippen molar-refractivity contribution in [2.24, 2.45) is 4.99 Å². The van der Waals surface area contributed by atoms with Gasteiger partial charge in [-0.2, -0.15) is 0 Å².